The average molecular weight is 307 g/mol. The molecular formula is C18H29NO3. The number of likely N-dealkylation sites (tertiary alicyclic amines) is 1. The predicted octanol–water partition coefficient (Wildman–Crippen LogP) is 2.20. The highest BCUT2D eigenvalue weighted by Crippen LogP contribution is 2.52. The molecule has 4 nitrogen and oxygen atoms in total. The molecule has 1 spiro atoms. The quantitative estimate of drug-likeness (QED) is 0.869. The molecule has 4 aliphatic rings. The number of hydrogen-bond donors (Lipinski definition) is 1. The van der Waals surface area contributed by atoms with Crippen LogP contribution < -0.4 is 0 Å². The molecule has 2 bridgehead atoms. The van der Waals surface area contributed by atoms with Gasteiger partial charge >= 0.3 is 0 Å². The highest BCUT2D eigenvalue weighted by Gasteiger charge is 2.56. The molecular weight excluding hydrogens is 278 g/mol. The first-order valence-electron chi connectivity index (χ1n) is 9.22. The molecule has 22 heavy (non-hydrogen) atoms. The number of ether oxygens (including phenoxy) is 1. The van der Waals surface area contributed by atoms with Crippen LogP contribution in [0, 0.1) is 23.2 Å². The van der Waals surface area contributed by atoms with Crippen molar-refractivity contribution >= 4 is 5.91 Å². The third-order valence-corrected chi connectivity index (χ3v) is 7.17. The smallest absolute Gasteiger partial charge is 0.225 e. The summed E-state index contributed by atoms with van der Waals surface area (Å²) in [5, 5.41) is 10.3. The first-order valence-corrected chi connectivity index (χ1v) is 9.22. The largest absolute Gasteiger partial charge is 0.392 e. The summed E-state index contributed by atoms with van der Waals surface area (Å²) in [5.74, 6) is 2.20. The summed E-state index contributed by atoms with van der Waals surface area (Å²) >= 11 is 0. The number of nitrogens with zero attached hydrogens (tertiary/aromatic N) is 1. The summed E-state index contributed by atoms with van der Waals surface area (Å²) in [4.78, 5) is 14.9. The van der Waals surface area contributed by atoms with Crippen molar-refractivity contribution < 1.29 is 14.6 Å². The molecule has 0 aromatic rings. The minimum absolute atomic E-state index is 0.0680. The van der Waals surface area contributed by atoms with Gasteiger partial charge in [-0.3, -0.25) is 4.79 Å². The molecule has 5 atom stereocenters. The lowest BCUT2D eigenvalue weighted by Crippen LogP contribution is -2.63. The van der Waals surface area contributed by atoms with Crippen molar-refractivity contribution in [3.8, 4) is 0 Å². The SMILES string of the molecule is CCOC1CC(O)C12CCN(C(=O)C1CC3CCC1C3)CC2. The van der Waals surface area contributed by atoms with E-state index < -0.39 is 0 Å². The van der Waals surface area contributed by atoms with Crippen molar-refractivity contribution in [2.24, 2.45) is 23.2 Å². The molecule has 1 aliphatic heterocycles. The van der Waals surface area contributed by atoms with Crippen molar-refractivity contribution in [2.45, 2.75) is 64.1 Å². The topological polar surface area (TPSA) is 49.8 Å². The lowest BCUT2D eigenvalue weighted by molar-refractivity contribution is -0.210. The van der Waals surface area contributed by atoms with Gasteiger partial charge in [-0.1, -0.05) is 6.42 Å². The molecule has 1 heterocycles. The van der Waals surface area contributed by atoms with Gasteiger partial charge in [0.2, 0.25) is 5.91 Å². The Balaban J connectivity index is 1.36. The second-order valence-electron chi connectivity index (χ2n) is 8.04. The Bertz CT molecular complexity index is 442. The summed E-state index contributed by atoms with van der Waals surface area (Å²) in [7, 11) is 0. The fourth-order valence-electron chi connectivity index (χ4n) is 5.74. The van der Waals surface area contributed by atoms with Gasteiger partial charge in [0.1, 0.15) is 0 Å². The van der Waals surface area contributed by atoms with E-state index in [1.54, 1.807) is 0 Å². The number of hydrogen-bond acceptors (Lipinski definition) is 3. The second kappa shape index (κ2) is 5.48. The van der Waals surface area contributed by atoms with E-state index in [0.717, 1.165) is 44.7 Å². The average Bonchev–Trinajstić information content (AvgIpc) is 3.17. The molecule has 1 N–H and O–H groups in total. The fraction of sp³-hybridized carbons (Fsp3) is 0.944. The number of piperidine rings is 1. The number of fused-ring (bicyclic) bond motifs is 2. The van der Waals surface area contributed by atoms with E-state index in [2.05, 4.69) is 4.90 Å². The lowest BCUT2D eigenvalue weighted by atomic mass is 9.58. The summed E-state index contributed by atoms with van der Waals surface area (Å²) in [5.41, 5.74) is -0.0680. The van der Waals surface area contributed by atoms with Gasteiger partial charge in [-0.05, 0) is 50.9 Å². The van der Waals surface area contributed by atoms with Crippen LogP contribution in [-0.4, -0.2) is 47.8 Å². The standard InChI is InChI=1S/C18H29NO3/c1-2-22-16-11-15(20)18(16)5-7-19(8-6-18)17(21)14-10-12-3-4-13(14)9-12/h12-16,20H,2-11H2,1H3. The summed E-state index contributed by atoms with van der Waals surface area (Å²) in [6.45, 7) is 4.36. The van der Waals surface area contributed by atoms with Crippen molar-refractivity contribution in [3.05, 3.63) is 0 Å². The van der Waals surface area contributed by atoms with Crippen molar-refractivity contribution in [1.82, 2.24) is 4.90 Å². The Kier molecular flexibility index (Phi) is 3.73. The third-order valence-electron chi connectivity index (χ3n) is 7.17. The van der Waals surface area contributed by atoms with Gasteiger partial charge in [0.25, 0.3) is 0 Å². The van der Waals surface area contributed by atoms with Gasteiger partial charge in [0, 0.05) is 37.5 Å². The van der Waals surface area contributed by atoms with Crippen molar-refractivity contribution in [3.63, 3.8) is 0 Å². The maximum Gasteiger partial charge on any atom is 0.225 e. The molecule has 4 heteroatoms. The van der Waals surface area contributed by atoms with E-state index in [1.807, 2.05) is 6.92 Å². The Morgan fingerprint density at radius 1 is 1.23 bits per heavy atom. The molecule has 3 aliphatic carbocycles. The lowest BCUT2D eigenvalue weighted by Gasteiger charge is -2.56. The monoisotopic (exact) mass is 307 g/mol. The maximum absolute atomic E-state index is 12.8. The van der Waals surface area contributed by atoms with Crippen LogP contribution in [-0.2, 0) is 9.53 Å². The van der Waals surface area contributed by atoms with Crippen LogP contribution in [0.5, 0.6) is 0 Å². The van der Waals surface area contributed by atoms with Gasteiger partial charge in [-0.15, -0.1) is 0 Å². The van der Waals surface area contributed by atoms with E-state index in [0.29, 0.717) is 24.3 Å². The zero-order valence-electron chi connectivity index (χ0n) is 13.7. The van der Waals surface area contributed by atoms with Gasteiger partial charge in [-0.25, -0.2) is 0 Å². The molecule has 1 saturated heterocycles. The molecule has 3 saturated carbocycles. The fourth-order valence-corrected chi connectivity index (χ4v) is 5.74. The highest BCUT2D eigenvalue weighted by molar-refractivity contribution is 5.79. The number of carbonyl (C=O) groups is 1. The van der Waals surface area contributed by atoms with Crippen molar-refractivity contribution in [2.75, 3.05) is 19.7 Å². The van der Waals surface area contributed by atoms with E-state index in [9.17, 15) is 9.90 Å². The molecule has 4 rings (SSSR count). The Morgan fingerprint density at radius 3 is 2.55 bits per heavy atom. The Hall–Kier alpha value is -0.610. The number of aliphatic hydroxyl groups is 1. The minimum Gasteiger partial charge on any atom is -0.392 e. The van der Waals surface area contributed by atoms with Crippen LogP contribution in [0.1, 0.15) is 51.9 Å². The van der Waals surface area contributed by atoms with Crippen LogP contribution >= 0.6 is 0 Å². The summed E-state index contributed by atoms with van der Waals surface area (Å²) < 4.78 is 5.81. The molecule has 0 radical (unpaired) electrons. The van der Waals surface area contributed by atoms with E-state index in [4.69, 9.17) is 4.74 Å². The van der Waals surface area contributed by atoms with Crippen LogP contribution in [0.3, 0.4) is 0 Å². The summed E-state index contributed by atoms with van der Waals surface area (Å²) in [6.07, 6.45) is 7.60. The molecule has 0 aromatic carbocycles. The second-order valence-corrected chi connectivity index (χ2v) is 8.04. The minimum atomic E-state index is -0.233. The van der Waals surface area contributed by atoms with E-state index >= 15 is 0 Å². The summed E-state index contributed by atoms with van der Waals surface area (Å²) in [6, 6.07) is 0. The maximum atomic E-state index is 12.8. The first-order chi connectivity index (χ1) is 10.6. The van der Waals surface area contributed by atoms with Gasteiger partial charge in [0.05, 0.1) is 12.2 Å². The number of carbonyl (C=O) groups excluding carboxylic acids is 1. The van der Waals surface area contributed by atoms with Gasteiger partial charge in [0.15, 0.2) is 0 Å². The molecule has 1 amide bonds. The molecule has 5 unspecified atom stereocenters. The normalized spacial score (nSPS) is 42.6. The number of amides is 1. The number of aliphatic hydroxyl groups excluding tert-OH is 1. The Labute approximate surface area is 133 Å². The first kappa shape index (κ1) is 14.9. The zero-order valence-corrected chi connectivity index (χ0v) is 13.7. The number of rotatable bonds is 3. The van der Waals surface area contributed by atoms with Crippen LogP contribution in [0.4, 0.5) is 0 Å². The third kappa shape index (κ3) is 2.14. The molecule has 124 valence electrons. The van der Waals surface area contributed by atoms with Gasteiger partial charge in [-0.2, -0.15) is 0 Å². The highest BCUT2D eigenvalue weighted by atomic mass is 16.5. The van der Waals surface area contributed by atoms with E-state index in [1.165, 1.54) is 19.3 Å². The predicted molar refractivity (Wildman–Crippen MR) is 83.2 cm³/mol. The van der Waals surface area contributed by atoms with Crippen LogP contribution in [0.25, 0.3) is 0 Å². The molecule has 4 fully saturated rings. The van der Waals surface area contributed by atoms with E-state index in [-0.39, 0.29) is 17.6 Å². The van der Waals surface area contributed by atoms with Gasteiger partial charge < -0.3 is 14.7 Å². The Morgan fingerprint density at radius 2 is 2.00 bits per heavy atom. The van der Waals surface area contributed by atoms with Crippen LogP contribution in [0.2, 0.25) is 0 Å². The van der Waals surface area contributed by atoms with Crippen molar-refractivity contribution in [1.29, 1.82) is 0 Å². The zero-order chi connectivity index (χ0) is 15.3. The van der Waals surface area contributed by atoms with Crippen LogP contribution in [0.15, 0.2) is 0 Å². The molecule has 0 aromatic heterocycles.